The normalized spacial score (nSPS) is 11.2. The van der Waals surface area contributed by atoms with Crippen LogP contribution in [-0.4, -0.2) is 30.8 Å². The van der Waals surface area contributed by atoms with E-state index in [1.807, 2.05) is 58.0 Å². The van der Waals surface area contributed by atoms with Crippen LogP contribution in [0.3, 0.4) is 0 Å². The van der Waals surface area contributed by atoms with Crippen molar-refractivity contribution in [3.63, 3.8) is 0 Å². The van der Waals surface area contributed by atoms with Crippen molar-refractivity contribution in [1.82, 2.24) is 4.90 Å². The minimum Gasteiger partial charge on any atom is -0.377 e. The predicted molar refractivity (Wildman–Crippen MR) is 145 cm³/mol. The van der Waals surface area contributed by atoms with Crippen LogP contribution in [0.2, 0.25) is 5.02 Å². The molecular formula is C29H33ClFN3O2. The first-order valence-electron chi connectivity index (χ1n) is 11.8. The van der Waals surface area contributed by atoms with Crippen LogP contribution < -0.4 is 10.2 Å². The quantitative estimate of drug-likeness (QED) is 0.365. The van der Waals surface area contributed by atoms with Crippen molar-refractivity contribution in [2.24, 2.45) is 5.41 Å². The molecule has 0 spiro atoms. The molecule has 0 heterocycles. The summed E-state index contributed by atoms with van der Waals surface area (Å²) in [5, 5.41) is 3.34. The van der Waals surface area contributed by atoms with Crippen LogP contribution in [0.1, 0.15) is 48.7 Å². The first-order valence-corrected chi connectivity index (χ1v) is 12.2. The van der Waals surface area contributed by atoms with Crippen molar-refractivity contribution >= 4 is 34.8 Å². The van der Waals surface area contributed by atoms with Gasteiger partial charge in [-0.3, -0.25) is 9.59 Å². The number of hydrogen-bond acceptors (Lipinski definition) is 3. The van der Waals surface area contributed by atoms with Crippen LogP contribution in [0.5, 0.6) is 0 Å². The predicted octanol–water partition coefficient (Wildman–Crippen LogP) is 6.76. The van der Waals surface area contributed by atoms with Crippen molar-refractivity contribution in [2.75, 3.05) is 24.3 Å². The van der Waals surface area contributed by atoms with Crippen molar-refractivity contribution in [1.29, 1.82) is 0 Å². The Morgan fingerprint density at radius 2 is 1.61 bits per heavy atom. The van der Waals surface area contributed by atoms with Gasteiger partial charge in [-0.25, -0.2) is 4.39 Å². The molecule has 0 aliphatic rings. The molecule has 0 saturated carbocycles. The third-order valence-corrected chi connectivity index (χ3v) is 5.90. The molecule has 190 valence electrons. The Morgan fingerprint density at radius 3 is 2.22 bits per heavy atom. The topological polar surface area (TPSA) is 52.7 Å². The van der Waals surface area contributed by atoms with Gasteiger partial charge in [-0.2, -0.15) is 0 Å². The summed E-state index contributed by atoms with van der Waals surface area (Å²) in [5.74, 6) is -0.644. The average molecular weight is 510 g/mol. The molecule has 0 aliphatic carbocycles. The van der Waals surface area contributed by atoms with Gasteiger partial charge in [0.2, 0.25) is 5.91 Å². The third kappa shape index (κ3) is 7.56. The SMILES string of the molecule is CN(C)c1ccc(NC(=O)CC(C)(C)C)cc1CN(Cc1ccc(F)cc1)C(=O)c1ccccc1Cl. The molecule has 0 unspecified atom stereocenters. The highest BCUT2D eigenvalue weighted by Gasteiger charge is 2.22. The highest BCUT2D eigenvalue weighted by atomic mass is 35.5. The lowest BCUT2D eigenvalue weighted by atomic mass is 9.92. The van der Waals surface area contributed by atoms with E-state index in [1.54, 1.807) is 41.3 Å². The maximum absolute atomic E-state index is 13.6. The summed E-state index contributed by atoms with van der Waals surface area (Å²) < 4.78 is 13.5. The Hall–Kier alpha value is -3.38. The molecule has 36 heavy (non-hydrogen) atoms. The summed E-state index contributed by atoms with van der Waals surface area (Å²) in [4.78, 5) is 29.8. The van der Waals surface area contributed by atoms with E-state index in [9.17, 15) is 14.0 Å². The fraction of sp³-hybridized carbons (Fsp3) is 0.310. The Labute approximate surface area is 217 Å². The largest absolute Gasteiger partial charge is 0.377 e. The van der Waals surface area contributed by atoms with Gasteiger partial charge in [-0.05, 0) is 59.0 Å². The highest BCUT2D eigenvalue weighted by molar-refractivity contribution is 6.33. The smallest absolute Gasteiger partial charge is 0.255 e. The van der Waals surface area contributed by atoms with Crippen molar-refractivity contribution in [3.8, 4) is 0 Å². The monoisotopic (exact) mass is 509 g/mol. The zero-order valence-electron chi connectivity index (χ0n) is 21.4. The highest BCUT2D eigenvalue weighted by Crippen LogP contribution is 2.28. The summed E-state index contributed by atoms with van der Waals surface area (Å²) in [6.07, 6.45) is 0.388. The second-order valence-electron chi connectivity index (χ2n) is 10.3. The Kier molecular flexibility index (Phi) is 8.75. The zero-order valence-corrected chi connectivity index (χ0v) is 22.2. The van der Waals surface area contributed by atoms with Crippen molar-refractivity contribution in [2.45, 2.75) is 40.3 Å². The Morgan fingerprint density at radius 1 is 0.944 bits per heavy atom. The molecule has 0 saturated heterocycles. The molecule has 3 aromatic carbocycles. The van der Waals surface area contributed by atoms with Gasteiger partial charge in [0.25, 0.3) is 5.91 Å². The van der Waals surface area contributed by atoms with Crippen LogP contribution in [0.15, 0.2) is 66.7 Å². The van der Waals surface area contributed by atoms with E-state index in [2.05, 4.69) is 5.32 Å². The molecule has 2 amide bonds. The molecule has 1 N–H and O–H groups in total. The molecule has 0 aromatic heterocycles. The lowest BCUT2D eigenvalue weighted by Gasteiger charge is -2.27. The van der Waals surface area contributed by atoms with Gasteiger partial charge in [0.15, 0.2) is 0 Å². The van der Waals surface area contributed by atoms with Crippen molar-refractivity contribution in [3.05, 3.63) is 94.3 Å². The van der Waals surface area contributed by atoms with Gasteiger partial charge >= 0.3 is 0 Å². The number of amides is 2. The van der Waals surface area contributed by atoms with E-state index in [1.165, 1.54) is 12.1 Å². The third-order valence-electron chi connectivity index (χ3n) is 5.58. The van der Waals surface area contributed by atoms with Gasteiger partial charge in [0.1, 0.15) is 5.82 Å². The fourth-order valence-corrected chi connectivity index (χ4v) is 4.15. The molecule has 0 atom stereocenters. The molecule has 3 aromatic rings. The van der Waals surface area contributed by atoms with Crippen LogP contribution in [0.25, 0.3) is 0 Å². The minimum absolute atomic E-state index is 0.0682. The van der Waals surface area contributed by atoms with Crippen molar-refractivity contribution < 1.29 is 14.0 Å². The molecule has 0 radical (unpaired) electrons. The summed E-state index contributed by atoms with van der Waals surface area (Å²) in [7, 11) is 3.85. The van der Waals surface area contributed by atoms with E-state index in [0.717, 1.165) is 16.8 Å². The van der Waals surface area contributed by atoms with Crippen LogP contribution >= 0.6 is 11.6 Å². The van der Waals surface area contributed by atoms with E-state index in [4.69, 9.17) is 11.6 Å². The number of anilines is 2. The van der Waals surface area contributed by atoms with E-state index >= 15 is 0 Å². The van der Waals surface area contributed by atoms with Gasteiger partial charge in [-0.1, -0.05) is 56.6 Å². The number of halogens is 2. The molecule has 5 nitrogen and oxygen atoms in total. The number of carbonyl (C=O) groups is 2. The number of nitrogens with one attached hydrogen (secondary N) is 1. The average Bonchev–Trinajstić information content (AvgIpc) is 2.78. The van der Waals surface area contributed by atoms with E-state index in [-0.39, 0.29) is 36.1 Å². The summed E-state index contributed by atoms with van der Waals surface area (Å²) >= 11 is 6.35. The Bertz CT molecular complexity index is 1220. The second-order valence-corrected chi connectivity index (χ2v) is 10.7. The lowest BCUT2D eigenvalue weighted by molar-refractivity contribution is -0.117. The maximum Gasteiger partial charge on any atom is 0.255 e. The van der Waals surface area contributed by atoms with Gasteiger partial charge in [-0.15, -0.1) is 0 Å². The Balaban J connectivity index is 1.97. The van der Waals surface area contributed by atoms with E-state index in [0.29, 0.717) is 22.7 Å². The van der Waals surface area contributed by atoms with Crippen LogP contribution in [0, 0.1) is 11.2 Å². The van der Waals surface area contributed by atoms with Crippen LogP contribution in [-0.2, 0) is 17.9 Å². The fourth-order valence-electron chi connectivity index (χ4n) is 3.93. The molecule has 0 aliphatic heterocycles. The summed E-state index contributed by atoms with van der Waals surface area (Å²) in [6, 6.07) is 18.7. The number of rotatable bonds is 8. The van der Waals surface area contributed by atoms with Gasteiger partial charge in [0.05, 0.1) is 10.6 Å². The number of carbonyl (C=O) groups excluding carboxylic acids is 2. The summed E-state index contributed by atoms with van der Waals surface area (Å²) in [5.41, 5.74) is 3.48. The second kappa shape index (κ2) is 11.6. The minimum atomic E-state index is -0.337. The summed E-state index contributed by atoms with van der Waals surface area (Å²) in [6.45, 7) is 6.57. The van der Waals surface area contributed by atoms with Crippen LogP contribution in [0.4, 0.5) is 15.8 Å². The zero-order chi connectivity index (χ0) is 26.5. The van der Waals surface area contributed by atoms with Gasteiger partial charge in [0, 0.05) is 45.0 Å². The van der Waals surface area contributed by atoms with E-state index < -0.39 is 0 Å². The molecule has 0 bridgehead atoms. The first kappa shape index (κ1) is 27.2. The lowest BCUT2D eigenvalue weighted by Crippen LogP contribution is -2.31. The molecule has 0 fully saturated rings. The molecule has 3 rings (SSSR count). The number of hydrogen-bond donors (Lipinski definition) is 1. The number of nitrogens with zero attached hydrogens (tertiary/aromatic N) is 2. The molecular weight excluding hydrogens is 477 g/mol. The molecule has 7 heteroatoms. The first-order chi connectivity index (χ1) is 16.9. The maximum atomic E-state index is 13.6. The van der Waals surface area contributed by atoms with Gasteiger partial charge < -0.3 is 15.1 Å². The number of benzene rings is 3. The standard InChI is InChI=1S/C29H33ClFN3O2/c1-29(2,3)17-27(35)32-23-14-15-26(33(4)5)21(16-23)19-34(18-20-10-12-22(31)13-11-20)28(36)24-8-6-7-9-25(24)30/h6-16H,17-19H2,1-5H3,(H,32,35).